The smallest absolute Gasteiger partial charge is 0.255 e. The lowest BCUT2D eigenvalue weighted by Gasteiger charge is -2.23. The highest BCUT2D eigenvalue weighted by Crippen LogP contribution is 2.28. The van der Waals surface area contributed by atoms with E-state index in [1.54, 1.807) is 0 Å². The molecule has 2 heterocycles. The molecular weight excluding hydrogens is 420 g/mol. The fourth-order valence-corrected chi connectivity index (χ4v) is 3.19. The number of carbonyl (C=O) groups excluding carboxylic acids is 1. The second kappa shape index (κ2) is 9.82. The van der Waals surface area contributed by atoms with E-state index in [-0.39, 0.29) is 11.5 Å². The van der Waals surface area contributed by atoms with Crippen molar-refractivity contribution in [1.29, 1.82) is 5.26 Å². The van der Waals surface area contributed by atoms with E-state index in [0.29, 0.717) is 29.9 Å². The van der Waals surface area contributed by atoms with E-state index in [0.717, 1.165) is 6.42 Å². The predicted molar refractivity (Wildman–Crippen MR) is 114 cm³/mol. The molecule has 170 valence electrons. The zero-order chi connectivity index (χ0) is 23.3. The Kier molecular flexibility index (Phi) is 7.15. The molecule has 1 aliphatic rings. The second-order valence-corrected chi connectivity index (χ2v) is 8.18. The van der Waals surface area contributed by atoms with Gasteiger partial charge < -0.3 is 21.1 Å². The van der Waals surface area contributed by atoms with Gasteiger partial charge in [0.15, 0.2) is 0 Å². The first kappa shape index (κ1) is 23.3. The molecule has 0 aromatic carbocycles. The van der Waals surface area contributed by atoms with Gasteiger partial charge in [-0.2, -0.15) is 5.26 Å². The zero-order valence-corrected chi connectivity index (χ0v) is 17.8. The molecule has 2 aromatic heterocycles. The van der Waals surface area contributed by atoms with Crippen LogP contribution in [0.4, 0.5) is 26.2 Å². The van der Waals surface area contributed by atoms with Crippen LogP contribution in [-0.2, 0) is 0 Å². The van der Waals surface area contributed by atoms with Crippen LogP contribution in [0, 0.1) is 11.3 Å². The Morgan fingerprint density at radius 2 is 2.03 bits per heavy atom. The Labute approximate surface area is 184 Å². The SMILES string of the molecule is CC(C)(O)C(F)CNC(=O)c1cnc(Nc2ncc(C#N)cn2)cc1NC1CCCC1F. The molecule has 1 saturated carbocycles. The summed E-state index contributed by atoms with van der Waals surface area (Å²) in [5, 5.41) is 26.9. The molecule has 0 radical (unpaired) electrons. The number of hydrogen-bond donors (Lipinski definition) is 4. The maximum Gasteiger partial charge on any atom is 0.255 e. The summed E-state index contributed by atoms with van der Waals surface area (Å²) in [6.45, 7) is 2.23. The summed E-state index contributed by atoms with van der Waals surface area (Å²) >= 11 is 0. The Balaban J connectivity index is 1.81. The molecule has 0 spiro atoms. The third kappa shape index (κ3) is 5.85. The first-order chi connectivity index (χ1) is 15.2. The Morgan fingerprint density at radius 1 is 1.31 bits per heavy atom. The van der Waals surface area contributed by atoms with E-state index >= 15 is 0 Å². The van der Waals surface area contributed by atoms with Gasteiger partial charge in [0.25, 0.3) is 5.91 Å². The van der Waals surface area contributed by atoms with Crippen LogP contribution >= 0.6 is 0 Å². The zero-order valence-electron chi connectivity index (χ0n) is 17.8. The molecule has 0 saturated heterocycles. The molecule has 1 aliphatic carbocycles. The molecular formula is C21H25F2N7O2. The van der Waals surface area contributed by atoms with Crippen LogP contribution in [0.2, 0.25) is 0 Å². The van der Waals surface area contributed by atoms with Crippen molar-refractivity contribution in [2.75, 3.05) is 17.2 Å². The third-order valence-electron chi connectivity index (χ3n) is 5.15. The van der Waals surface area contributed by atoms with Crippen LogP contribution in [-0.4, -0.2) is 56.5 Å². The molecule has 9 nitrogen and oxygen atoms in total. The molecule has 32 heavy (non-hydrogen) atoms. The molecule has 4 N–H and O–H groups in total. The van der Waals surface area contributed by atoms with Crippen molar-refractivity contribution >= 4 is 23.4 Å². The van der Waals surface area contributed by atoms with Crippen molar-refractivity contribution in [3.63, 3.8) is 0 Å². The summed E-state index contributed by atoms with van der Waals surface area (Å²) in [5.41, 5.74) is -0.877. The Morgan fingerprint density at radius 3 is 2.62 bits per heavy atom. The van der Waals surface area contributed by atoms with Gasteiger partial charge in [0, 0.05) is 12.3 Å². The first-order valence-electron chi connectivity index (χ1n) is 10.2. The highest BCUT2D eigenvalue weighted by atomic mass is 19.1. The van der Waals surface area contributed by atoms with Crippen molar-refractivity contribution in [3.05, 3.63) is 35.8 Å². The van der Waals surface area contributed by atoms with Gasteiger partial charge in [-0.1, -0.05) is 0 Å². The van der Waals surface area contributed by atoms with Gasteiger partial charge in [0.2, 0.25) is 5.95 Å². The van der Waals surface area contributed by atoms with Crippen LogP contribution in [0.15, 0.2) is 24.7 Å². The van der Waals surface area contributed by atoms with E-state index in [4.69, 9.17) is 5.26 Å². The van der Waals surface area contributed by atoms with E-state index in [1.165, 1.54) is 38.5 Å². The van der Waals surface area contributed by atoms with Crippen LogP contribution in [0.1, 0.15) is 49.0 Å². The molecule has 11 heteroatoms. The predicted octanol–water partition coefficient (Wildman–Crippen LogP) is 2.63. The number of carbonyl (C=O) groups is 1. The molecule has 2 aromatic rings. The van der Waals surface area contributed by atoms with E-state index in [2.05, 4.69) is 30.9 Å². The Hall–Kier alpha value is -3.39. The molecule has 1 amide bonds. The summed E-state index contributed by atoms with van der Waals surface area (Å²) in [6.07, 6.45) is 3.02. The maximum absolute atomic E-state index is 14.2. The largest absolute Gasteiger partial charge is 0.387 e. The van der Waals surface area contributed by atoms with Gasteiger partial charge in [-0.25, -0.2) is 23.7 Å². The summed E-state index contributed by atoms with van der Waals surface area (Å²) in [5.74, 6) is -0.127. The average molecular weight is 445 g/mol. The third-order valence-corrected chi connectivity index (χ3v) is 5.15. The highest BCUT2D eigenvalue weighted by molar-refractivity contribution is 5.99. The average Bonchev–Trinajstić information content (AvgIpc) is 3.16. The lowest BCUT2D eigenvalue weighted by atomic mass is 10.0. The maximum atomic E-state index is 14.2. The number of aliphatic hydroxyl groups is 1. The topological polar surface area (TPSA) is 136 Å². The summed E-state index contributed by atoms with van der Waals surface area (Å²) in [7, 11) is 0. The lowest BCUT2D eigenvalue weighted by Crippen LogP contribution is -2.42. The van der Waals surface area contributed by atoms with Crippen LogP contribution < -0.4 is 16.0 Å². The normalized spacial score (nSPS) is 19.1. The first-order valence-corrected chi connectivity index (χ1v) is 10.2. The lowest BCUT2D eigenvalue weighted by molar-refractivity contribution is -0.00177. The van der Waals surface area contributed by atoms with E-state index in [1.807, 2.05) is 6.07 Å². The number of rotatable bonds is 8. The van der Waals surface area contributed by atoms with Gasteiger partial charge >= 0.3 is 0 Å². The molecule has 0 bridgehead atoms. The van der Waals surface area contributed by atoms with Crippen LogP contribution in [0.5, 0.6) is 0 Å². The minimum absolute atomic E-state index is 0.110. The second-order valence-electron chi connectivity index (χ2n) is 8.18. The summed E-state index contributed by atoms with van der Waals surface area (Å²) < 4.78 is 28.2. The number of nitriles is 1. The number of pyridine rings is 1. The standard InChI is InChI=1S/C21H25F2N7O2/c1-21(2,32)17(23)11-26-19(31)13-10-25-18(30-20-27-8-12(7-24)9-28-20)6-16(13)29-15-5-3-4-14(15)22/h6,8-10,14-15,17,32H,3-5,11H2,1-2H3,(H,26,31)(H2,25,27,28,29,30). The van der Waals surface area contributed by atoms with Crippen LogP contribution in [0.25, 0.3) is 0 Å². The van der Waals surface area contributed by atoms with Crippen molar-refractivity contribution in [1.82, 2.24) is 20.3 Å². The molecule has 3 atom stereocenters. The number of amides is 1. The molecule has 3 rings (SSSR count). The summed E-state index contributed by atoms with van der Waals surface area (Å²) in [4.78, 5) is 24.9. The number of halogens is 2. The van der Waals surface area contributed by atoms with Gasteiger partial charge in [-0.15, -0.1) is 0 Å². The van der Waals surface area contributed by atoms with Crippen LogP contribution in [0.3, 0.4) is 0 Å². The number of aromatic nitrogens is 3. The van der Waals surface area contributed by atoms with Crippen molar-refractivity contribution in [3.8, 4) is 6.07 Å². The fraction of sp³-hybridized carbons (Fsp3) is 0.476. The number of hydrogen-bond acceptors (Lipinski definition) is 8. The number of nitrogens with one attached hydrogen (secondary N) is 3. The fourth-order valence-electron chi connectivity index (χ4n) is 3.19. The molecule has 0 aliphatic heterocycles. The quantitative estimate of drug-likeness (QED) is 0.487. The number of nitrogens with zero attached hydrogens (tertiary/aromatic N) is 4. The van der Waals surface area contributed by atoms with Gasteiger partial charge in [-0.05, 0) is 33.1 Å². The van der Waals surface area contributed by atoms with Gasteiger partial charge in [-0.3, -0.25) is 4.79 Å². The van der Waals surface area contributed by atoms with Crippen molar-refractivity contribution in [2.45, 2.75) is 57.1 Å². The van der Waals surface area contributed by atoms with Gasteiger partial charge in [0.05, 0.1) is 47.4 Å². The minimum atomic E-state index is -1.67. The molecule has 1 fully saturated rings. The van der Waals surface area contributed by atoms with E-state index < -0.39 is 36.4 Å². The Bertz CT molecular complexity index is 989. The highest BCUT2D eigenvalue weighted by Gasteiger charge is 2.29. The van der Waals surface area contributed by atoms with Crippen molar-refractivity contribution < 1.29 is 18.7 Å². The van der Waals surface area contributed by atoms with E-state index in [9.17, 15) is 18.7 Å². The van der Waals surface area contributed by atoms with Crippen molar-refractivity contribution in [2.24, 2.45) is 0 Å². The monoisotopic (exact) mass is 445 g/mol. The minimum Gasteiger partial charge on any atom is -0.387 e. The number of alkyl halides is 2. The molecule has 3 unspecified atom stereocenters. The summed E-state index contributed by atoms with van der Waals surface area (Å²) in [6, 6.07) is 2.97. The van der Waals surface area contributed by atoms with Gasteiger partial charge in [0.1, 0.15) is 24.2 Å². The number of anilines is 3.